The largest absolute Gasteiger partial charge is 0.506 e. The maximum absolute atomic E-state index is 11.8. The number of aromatic hydroxyl groups is 1. The van der Waals surface area contributed by atoms with E-state index in [1.54, 1.807) is 0 Å². The van der Waals surface area contributed by atoms with E-state index in [4.69, 9.17) is 28.3 Å². The fraction of sp³-hybridized carbons (Fsp3) is 0.143. The Morgan fingerprint density at radius 1 is 1.31 bits per heavy atom. The van der Waals surface area contributed by atoms with E-state index in [0.29, 0.717) is 0 Å². The molecule has 0 fully saturated rings. The zero-order valence-electron chi connectivity index (χ0n) is 6.10. The molecule has 0 radical (unpaired) electrons. The molecule has 0 aliphatic carbocycles. The van der Waals surface area contributed by atoms with Crippen LogP contribution in [0.4, 0.5) is 8.78 Å². The number of phenolic OH excluding ortho intramolecular Hbond substituents is 1. The summed E-state index contributed by atoms with van der Waals surface area (Å²) in [4.78, 5) is 0. The predicted molar refractivity (Wildman–Crippen MR) is 44.8 cm³/mol. The minimum atomic E-state index is -3.03. The number of halogens is 4. The second kappa shape index (κ2) is 3.98. The molecule has 1 rings (SSSR count). The molecule has 72 valence electrons. The molecule has 1 aromatic carbocycles. The van der Waals surface area contributed by atoms with Gasteiger partial charge in [0.15, 0.2) is 5.75 Å². The van der Waals surface area contributed by atoms with Crippen LogP contribution < -0.4 is 4.74 Å². The smallest absolute Gasteiger partial charge is 0.387 e. The second-order valence-corrected chi connectivity index (χ2v) is 2.87. The first-order valence-electron chi connectivity index (χ1n) is 3.14. The van der Waals surface area contributed by atoms with E-state index in [1.165, 1.54) is 12.1 Å². The Kier molecular flexibility index (Phi) is 3.17. The zero-order valence-corrected chi connectivity index (χ0v) is 7.61. The first-order chi connectivity index (χ1) is 6.02. The van der Waals surface area contributed by atoms with Crippen molar-refractivity contribution < 1.29 is 18.6 Å². The fourth-order valence-electron chi connectivity index (χ4n) is 0.719. The molecule has 0 spiro atoms. The molecule has 0 bridgehead atoms. The number of hydrogen-bond acceptors (Lipinski definition) is 2. The van der Waals surface area contributed by atoms with Crippen molar-refractivity contribution in [2.75, 3.05) is 0 Å². The molecule has 13 heavy (non-hydrogen) atoms. The summed E-state index contributed by atoms with van der Waals surface area (Å²) < 4.78 is 27.6. The lowest BCUT2D eigenvalue weighted by Gasteiger charge is -2.08. The van der Waals surface area contributed by atoms with E-state index in [-0.39, 0.29) is 15.8 Å². The Balaban J connectivity index is 3.10. The molecule has 0 heterocycles. The number of alkyl halides is 2. The van der Waals surface area contributed by atoms with Crippen LogP contribution in [-0.2, 0) is 0 Å². The SMILES string of the molecule is Oc1ccc(Cl)c(OC(F)F)c1Cl. The third-order valence-electron chi connectivity index (χ3n) is 1.24. The van der Waals surface area contributed by atoms with Crippen molar-refractivity contribution >= 4 is 23.2 Å². The van der Waals surface area contributed by atoms with Gasteiger partial charge in [-0.2, -0.15) is 8.78 Å². The highest BCUT2D eigenvalue weighted by Gasteiger charge is 2.15. The van der Waals surface area contributed by atoms with Gasteiger partial charge in [0.05, 0.1) is 5.02 Å². The van der Waals surface area contributed by atoms with Gasteiger partial charge in [-0.3, -0.25) is 0 Å². The Morgan fingerprint density at radius 3 is 2.46 bits per heavy atom. The maximum Gasteiger partial charge on any atom is 0.387 e. The molecule has 6 heteroatoms. The summed E-state index contributed by atoms with van der Waals surface area (Å²) in [6.07, 6.45) is 0. The van der Waals surface area contributed by atoms with Crippen LogP contribution in [0.5, 0.6) is 11.5 Å². The number of benzene rings is 1. The third-order valence-corrected chi connectivity index (χ3v) is 1.90. The van der Waals surface area contributed by atoms with Crippen molar-refractivity contribution in [1.29, 1.82) is 0 Å². The number of phenols is 1. The summed E-state index contributed by atoms with van der Waals surface area (Å²) in [5.41, 5.74) is 0. The van der Waals surface area contributed by atoms with Crippen LogP contribution in [0.3, 0.4) is 0 Å². The van der Waals surface area contributed by atoms with Crippen molar-refractivity contribution in [2.45, 2.75) is 6.61 Å². The minimum Gasteiger partial charge on any atom is -0.506 e. The van der Waals surface area contributed by atoms with Crippen molar-refractivity contribution in [3.05, 3.63) is 22.2 Å². The first-order valence-corrected chi connectivity index (χ1v) is 3.89. The molecule has 0 unspecified atom stereocenters. The first kappa shape index (κ1) is 10.3. The highest BCUT2D eigenvalue weighted by molar-refractivity contribution is 6.38. The molecular formula is C7H4Cl2F2O2. The van der Waals surface area contributed by atoms with E-state index < -0.39 is 12.4 Å². The standard InChI is InChI=1S/C7H4Cl2F2O2/c8-3-1-2-4(12)5(9)6(3)13-7(10)11/h1-2,7,12H. The number of ether oxygens (including phenoxy) is 1. The number of rotatable bonds is 2. The van der Waals surface area contributed by atoms with Crippen LogP contribution in [0, 0.1) is 0 Å². The average Bonchev–Trinajstić information content (AvgIpc) is 2.05. The quantitative estimate of drug-likeness (QED) is 0.842. The molecule has 2 nitrogen and oxygen atoms in total. The van der Waals surface area contributed by atoms with Gasteiger partial charge in [-0.15, -0.1) is 0 Å². The van der Waals surface area contributed by atoms with Gasteiger partial charge in [0.1, 0.15) is 10.8 Å². The Hall–Kier alpha value is -0.740. The summed E-state index contributed by atoms with van der Waals surface area (Å²) in [6, 6.07) is 2.39. The van der Waals surface area contributed by atoms with Gasteiger partial charge in [0, 0.05) is 0 Å². The van der Waals surface area contributed by atoms with E-state index >= 15 is 0 Å². The molecule has 0 aliphatic rings. The lowest BCUT2D eigenvalue weighted by Crippen LogP contribution is -2.02. The molecule has 0 aromatic heterocycles. The van der Waals surface area contributed by atoms with Crippen LogP contribution in [-0.4, -0.2) is 11.7 Å². The summed E-state index contributed by atoms with van der Waals surface area (Å²) in [7, 11) is 0. The van der Waals surface area contributed by atoms with Gasteiger partial charge >= 0.3 is 6.61 Å². The van der Waals surface area contributed by atoms with E-state index in [1.807, 2.05) is 0 Å². The molecule has 1 aromatic rings. The van der Waals surface area contributed by atoms with Crippen molar-refractivity contribution in [1.82, 2.24) is 0 Å². The Morgan fingerprint density at radius 2 is 1.92 bits per heavy atom. The van der Waals surface area contributed by atoms with Crippen molar-refractivity contribution in [2.24, 2.45) is 0 Å². The summed E-state index contributed by atoms with van der Waals surface area (Å²) in [5.74, 6) is -0.778. The van der Waals surface area contributed by atoms with Crippen LogP contribution >= 0.6 is 23.2 Å². The summed E-state index contributed by atoms with van der Waals surface area (Å²) in [6.45, 7) is -3.03. The second-order valence-electron chi connectivity index (χ2n) is 2.09. The van der Waals surface area contributed by atoms with Crippen LogP contribution in [0.2, 0.25) is 10.0 Å². The Labute approximate surface area is 82.6 Å². The molecule has 0 aliphatic heterocycles. The molecule has 1 N–H and O–H groups in total. The molecule has 0 saturated carbocycles. The van der Waals surface area contributed by atoms with Gasteiger partial charge in [-0.25, -0.2) is 0 Å². The minimum absolute atomic E-state index is 0.0805. The predicted octanol–water partition coefficient (Wildman–Crippen LogP) is 3.30. The highest BCUT2D eigenvalue weighted by Crippen LogP contribution is 2.39. The van der Waals surface area contributed by atoms with E-state index in [9.17, 15) is 8.78 Å². The summed E-state index contributed by atoms with van der Waals surface area (Å²) in [5, 5.41) is 8.62. The van der Waals surface area contributed by atoms with Crippen molar-refractivity contribution in [3.63, 3.8) is 0 Å². The van der Waals surface area contributed by atoms with Gasteiger partial charge in [0.25, 0.3) is 0 Å². The molecular weight excluding hydrogens is 225 g/mol. The van der Waals surface area contributed by atoms with E-state index in [0.717, 1.165) is 0 Å². The van der Waals surface area contributed by atoms with Crippen LogP contribution in [0.1, 0.15) is 0 Å². The monoisotopic (exact) mass is 228 g/mol. The highest BCUT2D eigenvalue weighted by atomic mass is 35.5. The van der Waals surface area contributed by atoms with Gasteiger partial charge in [-0.1, -0.05) is 23.2 Å². The van der Waals surface area contributed by atoms with Gasteiger partial charge in [-0.05, 0) is 12.1 Å². The van der Waals surface area contributed by atoms with Crippen LogP contribution in [0.15, 0.2) is 12.1 Å². The normalized spacial score (nSPS) is 10.5. The number of hydrogen-bond donors (Lipinski definition) is 1. The average molecular weight is 229 g/mol. The summed E-state index contributed by atoms with van der Waals surface area (Å²) >= 11 is 10.9. The lowest BCUT2D eigenvalue weighted by molar-refractivity contribution is -0.0497. The lowest BCUT2D eigenvalue weighted by atomic mass is 10.3. The maximum atomic E-state index is 11.8. The van der Waals surface area contributed by atoms with Gasteiger partial charge in [0.2, 0.25) is 0 Å². The fourth-order valence-corrected chi connectivity index (χ4v) is 1.18. The molecule has 0 saturated heterocycles. The Bertz CT molecular complexity index is 318. The molecule has 0 amide bonds. The van der Waals surface area contributed by atoms with E-state index in [2.05, 4.69) is 4.74 Å². The zero-order chi connectivity index (χ0) is 10.0. The van der Waals surface area contributed by atoms with Crippen molar-refractivity contribution in [3.8, 4) is 11.5 Å². The topological polar surface area (TPSA) is 29.5 Å². The van der Waals surface area contributed by atoms with Crippen LogP contribution in [0.25, 0.3) is 0 Å². The molecule has 0 atom stereocenters. The third kappa shape index (κ3) is 2.35. The van der Waals surface area contributed by atoms with Gasteiger partial charge < -0.3 is 9.84 Å².